The summed E-state index contributed by atoms with van der Waals surface area (Å²) in [5, 5.41) is 9.85. The van der Waals surface area contributed by atoms with Crippen LogP contribution in [0.3, 0.4) is 0 Å². The summed E-state index contributed by atoms with van der Waals surface area (Å²) < 4.78 is 0. The summed E-state index contributed by atoms with van der Waals surface area (Å²) in [6, 6.07) is 19.1. The van der Waals surface area contributed by atoms with Gasteiger partial charge in [0.1, 0.15) is 6.04 Å². The molecule has 0 spiro atoms. The number of carbonyl (C=O) groups excluding carboxylic acids is 2. The minimum Gasteiger partial charge on any atom is -0.351 e. The predicted molar refractivity (Wildman–Crippen MR) is 123 cm³/mol. The van der Waals surface area contributed by atoms with Gasteiger partial charge in [-0.1, -0.05) is 48.5 Å². The average molecular weight is 425 g/mol. The van der Waals surface area contributed by atoms with Gasteiger partial charge in [-0.05, 0) is 42.8 Å². The number of thiocarbonyl (C=S) groups is 1. The van der Waals surface area contributed by atoms with Gasteiger partial charge in [0, 0.05) is 38.2 Å². The average Bonchev–Trinajstić information content (AvgIpc) is 2.75. The van der Waals surface area contributed by atoms with Crippen molar-refractivity contribution >= 4 is 34.8 Å². The molecule has 0 unspecified atom stereocenters. The van der Waals surface area contributed by atoms with E-state index in [-0.39, 0.29) is 17.9 Å². The van der Waals surface area contributed by atoms with Crippen LogP contribution in [0.4, 0.5) is 5.69 Å². The van der Waals surface area contributed by atoms with Crippen molar-refractivity contribution in [2.24, 2.45) is 0 Å². The third kappa shape index (κ3) is 6.56. The van der Waals surface area contributed by atoms with Crippen LogP contribution in [-0.2, 0) is 16.0 Å². The van der Waals surface area contributed by atoms with E-state index < -0.39 is 6.04 Å². The molecule has 1 saturated heterocycles. The second kappa shape index (κ2) is 10.7. The van der Waals surface area contributed by atoms with Gasteiger partial charge in [0.15, 0.2) is 5.11 Å². The second-order valence-corrected chi connectivity index (χ2v) is 7.90. The molecule has 158 valence electrons. The largest absolute Gasteiger partial charge is 0.351 e. The van der Waals surface area contributed by atoms with Gasteiger partial charge < -0.3 is 20.9 Å². The number of carbonyl (C=O) groups is 2. The summed E-state index contributed by atoms with van der Waals surface area (Å²) >= 11 is 5.52. The lowest BCUT2D eigenvalue weighted by molar-refractivity contribution is -0.128. The van der Waals surface area contributed by atoms with Crippen LogP contribution in [0.25, 0.3) is 0 Å². The van der Waals surface area contributed by atoms with E-state index in [2.05, 4.69) is 20.9 Å². The van der Waals surface area contributed by atoms with Gasteiger partial charge in [0.25, 0.3) is 0 Å². The van der Waals surface area contributed by atoms with Crippen molar-refractivity contribution in [1.29, 1.82) is 0 Å². The van der Waals surface area contributed by atoms with E-state index in [1.807, 2.05) is 60.7 Å². The number of benzene rings is 2. The molecule has 1 fully saturated rings. The van der Waals surface area contributed by atoms with Crippen LogP contribution in [0.2, 0.25) is 0 Å². The molecule has 0 radical (unpaired) electrons. The molecule has 1 atom stereocenters. The van der Waals surface area contributed by atoms with Gasteiger partial charge in [-0.15, -0.1) is 0 Å². The second-order valence-electron chi connectivity index (χ2n) is 7.51. The number of likely N-dealkylation sites (tertiary alicyclic amines) is 1. The molecule has 7 heteroatoms. The van der Waals surface area contributed by atoms with E-state index in [9.17, 15) is 9.59 Å². The van der Waals surface area contributed by atoms with Crippen LogP contribution in [0, 0.1) is 0 Å². The topological polar surface area (TPSA) is 73.5 Å². The van der Waals surface area contributed by atoms with Crippen molar-refractivity contribution < 1.29 is 9.59 Å². The molecule has 2 aromatic carbocycles. The summed E-state index contributed by atoms with van der Waals surface area (Å²) in [5.74, 6) is -0.351. The third-order valence-electron chi connectivity index (χ3n) is 5.13. The predicted octanol–water partition coefficient (Wildman–Crippen LogP) is 2.71. The first kappa shape index (κ1) is 21.8. The van der Waals surface area contributed by atoms with Crippen molar-refractivity contribution in [3.05, 3.63) is 66.2 Å². The van der Waals surface area contributed by atoms with E-state index in [0.717, 1.165) is 37.2 Å². The molecule has 0 saturated carbocycles. The fraction of sp³-hybridized carbons (Fsp3) is 0.348. The van der Waals surface area contributed by atoms with Gasteiger partial charge in [0.05, 0.1) is 0 Å². The Hall–Kier alpha value is -2.93. The van der Waals surface area contributed by atoms with Crippen molar-refractivity contribution in [1.82, 2.24) is 15.5 Å². The van der Waals surface area contributed by atoms with Crippen molar-refractivity contribution in [3.63, 3.8) is 0 Å². The maximum atomic E-state index is 12.8. The zero-order chi connectivity index (χ0) is 21.3. The van der Waals surface area contributed by atoms with Gasteiger partial charge in [-0.3, -0.25) is 9.59 Å². The molecule has 0 aromatic heterocycles. The van der Waals surface area contributed by atoms with Gasteiger partial charge >= 0.3 is 0 Å². The summed E-state index contributed by atoms with van der Waals surface area (Å²) in [7, 11) is 0. The summed E-state index contributed by atoms with van der Waals surface area (Å²) in [6.45, 7) is 2.98. The maximum Gasteiger partial charge on any atom is 0.243 e. The monoisotopic (exact) mass is 424 g/mol. The Morgan fingerprint density at radius 2 is 1.63 bits per heavy atom. The smallest absolute Gasteiger partial charge is 0.243 e. The molecule has 1 heterocycles. The number of hydrogen-bond acceptors (Lipinski definition) is 3. The molecule has 30 heavy (non-hydrogen) atoms. The van der Waals surface area contributed by atoms with Crippen LogP contribution in [0.1, 0.15) is 25.3 Å². The number of nitrogens with zero attached hydrogens (tertiary/aromatic N) is 1. The number of amides is 2. The van der Waals surface area contributed by atoms with E-state index >= 15 is 0 Å². The van der Waals surface area contributed by atoms with Crippen LogP contribution in [0.5, 0.6) is 0 Å². The highest BCUT2D eigenvalue weighted by molar-refractivity contribution is 7.80. The standard InChI is InChI=1S/C23H28N4O2S/c1-17(28)24-21(16-18-8-4-2-5-9-18)22(29)25-20-12-14-27(15-13-20)23(30)26-19-10-6-3-7-11-19/h2-11,20-21H,12-16H2,1H3,(H,24,28)(H,25,29)(H,26,30)/t21-/m1/s1. The highest BCUT2D eigenvalue weighted by Gasteiger charge is 2.26. The third-order valence-corrected chi connectivity index (χ3v) is 5.49. The number of para-hydroxylation sites is 1. The molecule has 3 N–H and O–H groups in total. The van der Waals surface area contributed by atoms with E-state index in [1.54, 1.807) is 0 Å². The fourth-order valence-electron chi connectivity index (χ4n) is 3.56. The number of piperidine rings is 1. The SMILES string of the molecule is CC(=O)N[C@H](Cc1ccccc1)C(=O)NC1CCN(C(=S)Nc2ccccc2)CC1. The van der Waals surface area contributed by atoms with Crippen LogP contribution in [0.15, 0.2) is 60.7 Å². The molecule has 0 aliphatic carbocycles. The van der Waals surface area contributed by atoms with E-state index in [4.69, 9.17) is 12.2 Å². The lowest BCUT2D eigenvalue weighted by atomic mass is 10.0. The van der Waals surface area contributed by atoms with Crippen molar-refractivity contribution in [3.8, 4) is 0 Å². The van der Waals surface area contributed by atoms with E-state index in [0.29, 0.717) is 11.5 Å². The first-order valence-electron chi connectivity index (χ1n) is 10.2. The summed E-state index contributed by atoms with van der Waals surface area (Å²) in [6.07, 6.45) is 2.08. The molecule has 2 amide bonds. The highest BCUT2D eigenvalue weighted by atomic mass is 32.1. The molecule has 0 bridgehead atoms. The maximum absolute atomic E-state index is 12.8. The molecule has 1 aliphatic rings. The minimum absolute atomic E-state index is 0.0697. The molecule has 1 aliphatic heterocycles. The Morgan fingerprint density at radius 1 is 1.03 bits per heavy atom. The highest BCUT2D eigenvalue weighted by Crippen LogP contribution is 2.14. The quantitative estimate of drug-likeness (QED) is 0.622. The lowest BCUT2D eigenvalue weighted by Gasteiger charge is -2.34. The minimum atomic E-state index is -0.580. The first-order chi connectivity index (χ1) is 14.5. The fourth-order valence-corrected chi connectivity index (χ4v) is 3.86. The number of anilines is 1. The summed E-state index contributed by atoms with van der Waals surface area (Å²) in [5.41, 5.74) is 1.98. The number of rotatable bonds is 6. The number of nitrogens with one attached hydrogen (secondary N) is 3. The Morgan fingerprint density at radius 3 is 2.23 bits per heavy atom. The first-order valence-corrected chi connectivity index (χ1v) is 10.6. The Bertz CT molecular complexity index is 852. The van der Waals surface area contributed by atoms with Crippen LogP contribution < -0.4 is 16.0 Å². The van der Waals surface area contributed by atoms with Gasteiger partial charge in [-0.2, -0.15) is 0 Å². The van der Waals surface area contributed by atoms with Crippen LogP contribution in [-0.4, -0.2) is 47.0 Å². The van der Waals surface area contributed by atoms with E-state index in [1.165, 1.54) is 6.92 Å². The van der Waals surface area contributed by atoms with Crippen LogP contribution >= 0.6 is 12.2 Å². The molecule has 3 rings (SSSR count). The normalized spacial score (nSPS) is 15.2. The van der Waals surface area contributed by atoms with Gasteiger partial charge in [-0.25, -0.2) is 0 Å². The Balaban J connectivity index is 1.50. The zero-order valence-electron chi connectivity index (χ0n) is 17.1. The molecule has 2 aromatic rings. The summed E-state index contributed by atoms with van der Waals surface area (Å²) in [4.78, 5) is 26.5. The molecule has 6 nitrogen and oxygen atoms in total. The van der Waals surface area contributed by atoms with Crippen molar-refractivity contribution in [2.75, 3.05) is 18.4 Å². The molecular formula is C23H28N4O2S. The lowest BCUT2D eigenvalue weighted by Crippen LogP contribution is -2.53. The zero-order valence-corrected chi connectivity index (χ0v) is 18.0. The van der Waals surface area contributed by atoms with Gasteiger partial charge in [0.2, 0.25) is 11.8 Å². The van der Waals surface area contributed by atoms with Crippen molar-refractivity contribution in [2.45, 2.75) is 38.3 Å². The Labute approximate surface area is 183 Å². The number of hydrogen-bond donors (Lipinski definition) is 3. The Kier molecular flexibility index (Phi) is 7.79. The molecular weight excluding hydrogens is 396 g/mol.